The minimum atomic E-state index is -1.02. The molecule has 1 aromatic heterocycles. The number of hydrogen-bond acceptors (Lipinski definition) is 5. The molecule has 2 N–H and O–H groups in total. The van der Waals surface area contributed by atoms with Gasteiger partial charge in [-0.05, 0) is 49.2 Å². The number of amides is 4. The van der Waals surface area contributed by atoms with Gasteiger partial charge in [0, 0.05) is 30.5 Å². The molecule has 0 aliphatic carbocycles. The Morgan fingerprint density at radius 1 is 1.07 bits per heavy atom. The van der Waals surface area contributed by atoms with E-state index in [9.17, 15) is 19.5 Å². The number of imide groups is 1. The van der Waals surface area contributed by atoms with Crippen LogP contribution in [0.5, 0.6) is 0 Å². The van der Waals surface area contributed by atoms with Crippen LogP contribution in [-0.4, -0.2) is 52.5 Å². The van der Waals surface area contributed by atoms with Crippen LogP contribution in [-0.2, 0) is 10.4 Å². The largest absolute Gasteiger partial charge is 0.383 e. The first-order valence-corrected chi connectivity index (χ1v) is 9.11. The van der Waals surface area contributed by atoms with Gasteiger partial charge in [-0.25, -0.2) is 4.79 Å². The fraction of sp³-hybridized carbons (Fsp3) is 0.300. The van der Waals surface area contributed by atoms with Crippen molar-refractivity contribution in [3.8, 4) is 0 Å². The molecule has 0 saturated carbocycles. The minimum Gasteiger partial charge on any atom is -0.383 e. The quantitative estimate of drug-likeness (QED) is 0.781. The first kappa shape index (κ1) is 18.1. The van der Waals surface area contributed by atoms with E-state index >= 15 is 0 Å². The SMILES string of the molecule is O=C1CN(c2ccc(C(=O)N3CCC(O)(c4ccccn4)CC3)cc2)C(=O)N1. The van der Waals surface area contributed by atoms with Gasteiger partial charge in [0.2, 0.25) is 5.91 Å². The highest BCUT2D eigenvalue weighted by molar-refractivity contribution is 6.12. The van der Waals surface area contributed by atoms with Gasteiger partial charge in [0.25, 0.3) is 5.91 Å². The number of urea groups is 1. The van der Waals surface area contributed by atoms with Gasteiger partial charge >= 0.3 is 6.03 Å². The number of anilines is 1. The number of likely N-dealkylation sites (tertiary alicyclic amines) is 1. The molecule has 0 bridgehead atoms. The molecule has 1 aromatic carbocycles. The fourth-order valence-electron chi connectivity index (χ4n) is 3.59. The second-order valence-corrected chi connectivity index (χ2v) is 7.03. The molecule has 0 atom stereocenters. The van der Waals surface area contributed by atoms with Gasteiger partial charge in [-0.1, -0.05) is 6.07 Å². The molecule has 8 heteroatoms. The van der Waals surface area contributed by atoms with E-state index in [1.165, 1.54) is 4.90 Å². The Balaban J connectivity index is 1.42. The molecule has 0 spiro atoms. The molecule has 2 aliphatic heterocycles. The van der Waals surface area contributed by atoms with E-state index in [-0.39, 0.29) is 18.4 Å². The summed E-state index contributed by atoms with van der Waals surface area (Å²) in [4.78, 5) is 43.1. The van der Waals surface area contributed by atoms with Crippen molar-refractivity contribution in [2.75, 3.05) is 24.5 Å². The molecular formula is C20H20N4O4. The van der Waals surface area contributed by atoms with Crippen molar-refractivity contribution in [1.82, 2.24) is 15.2 Å². The maximum atomic E-state index is 12.8. The topological polar surface area (TPSA) is 103 Å². The maximum Gasteiger partial charge on any atom is 0.329 e. The van der Waals surface area contributed by atoms with E-state index in [1.54, 1.807) is 47.5 Å². The van der Waals surface area contributed by atoms with E-state index < -0.39 is 11.6 Å². The number of nitrogens with one attached hydrogen (secondary N) is 1. The first-order valence-electron chi connectivity index (χ1n) is 9.11. The lowest BCUT2D eigenvalue weighted by Crippen LogP contribution is -2.45. The molecule has 4 rings (SSSR count). The summed E-state index contributed by atoms with van der Waals surface area (Å²) in [7, 11) is 0. The van der Waals surface area contributed by atoms with Crippen LogP contribution in [0, 0.1) is 0 Å². The predicted molar refractivity (Wildman–Crippen MR) is 101 cm³/mol. The standard InChI is InChI=1S/C20H20N4O4/c25-17-13-24(19(27)22-17)15-6-4-14(5-7-15)18(26)23-11-8-20(28,9-12-23)16-3-1-2-10-21-16/h1-7,10,28H,8-9,11-13H2,(H,22,25,27). The van der Waals surface area contributed by atoms with Crippen molar-refractivity contribution in [2.24, 2.45) is 0 Å². The normalized spacial score (nSPS) is 18.9. The van der Waals surface area contributed by atoms with Gasteiger partial charge in [0.05, 0.1) is 5.69 Å². The Labute approximate surface area is 161 Å². The van der Waals surface area contributed by atoms with E-state index in [1.807, 2.05) is 6.07 Å². The maximum absolute atomic E-state index is 12.8. The number of pyridine rings is 1. The number of carbonyl (C=O) groups is 3. The first-order chi connectivity index (χ1) is 13.5. The van der Waals surface area contributed by atoms with Crippen LogP contribution in [0.2, 0.25) is 0 Å². The Hall–Kier alpha value is -3.26. The van der Waals surface area contributed by atoms with Crippen molar-refractivity contribution >= 4 is 23.5 Å². The van der Waals surface area contributed by atoms with E-state index in [2.05, 4.69) is 10.3 Å². The van der Waals surface area contributed by atoms with Crippen LogP contribution in [0.1, 0.15) is 28.9 Å². The summed E-state index contributed by atoms with van der Waals surface area (Å²) in [5.41, 5.74) is 0.670. The molecule has 4 amide bonds. The van der Waals surface area contributed by atoms with Crippen LogP contribution in [0.15, 0.2) is 48.7 Å². The van der Waals surface area contributed by atoms with E-state index in [4.69, 9.17) is 0 Å². The Bertz CT molecular complexity index is 906. The summed E-state index contributed by atoms with van der Waals surface area (Å²) in [5.74, 6) is -0.476. The van der Waals surface area contributed by atoms with Crippen molar-refractivity contribution in [3.63, 3.8) is 0 Å². The summed E-state index contributed by atoms with van der Waals surface area (Å²) in [6.45, 7) is 0.831. The zero-order chi connectivity index (χ0) is 19.7. The van der Waals surface area contributed by atoms with Gasteiger partial charge < -0.3 is 10.0 Å². The van der Waals surface area contributed by atoms with Crippen LogP contribution in [0.4, 0.5) is 10.5 Å². The Morgan fingerprint density at radius 3 is 2.36 bits per heavy atom. The fourth-order valence-corrected chi connectivity index (χ4v) is 3.59. The van der Waals surface area contributed by atoms with Crippen molar-refractivity contribution in [2.45, 2.75) is 18.4 Å². The molecule has 2 saturated heterocycles. The number of piperidine rings is 1. The zero-order valence-electron chi connectivity index (χ0n) is 15.2. The molecule has 28 heavy (non-hydrogen) atoms. The van der Waals surface area contributed by atoms with Crippen LogP contribution >= 0.6 is 0 Å². The average molecular weight is 380 g/mol. The second kappa shape index (κ2) is 7.05. The second-order valence-electron chi connectivity index (χ2n) is 7.03. The van der Waals surface area contributed by atoms with Crippen molar-refractivity contribution < 1.29 is 19.5 Å². The van der Waals surface area contributed by atoms with Gasteiger partial charge in [0.1, 0.15) is 12.1 Å². The summed E-state index contributed by atoms with van der Waals surface area (Å²) < 4.78 is 0. The third-order valence-corrected chi connectivity index (χ3v) is 5.24. The number of nitrogens with zero attached hydrogens (tertiary/aromatic N) is 3. The Kier molecular flexibility index (Phi) is 4.56. The predicted octanol–water partition coefficient (Wildman–Crippen LogP) is 1.26. The molecule has 144 valence electrons. The zero-order valence-corrected chi connectivity index (χ0v) is 15.2. The number of hydrogen-bond donors (Lipinski definition) is 2. The summed E-state index contributed by atoms with van der Waals surface area (Å²) in [6.07, 6.45) is 2.49. The van der Waals surface area contributed by atoms with E-state index in [0.717, 1.165) is 0 Å². The molecule has 0 radical (unpaired) electrons. The lowest BCUT2D eigenvalue weighted by molar-refractivity contribution is -0.117. The van der Waals surface area contributed by atoms with Crippen molar-refractivity contribution in [3.05, 3.63) is 59.9 Å². The monoisotopic (exact) mass is 380 g/mol. The molecular weight excluding hydrogens is 360 g/mol. The third-order valence-electron chi connectivity index (χ3n) is 5.24. The smallest absolute Gasteiger partial charge is 0.329 e. The van der Waals surface area contributed by atoms with Gasteiger partial charge in [-0.2, -0.15) is 0 Å². The van der Waals surface area contributed by atoms with Crippen LogP contribution in [0.25, 0.3) is 0 Å². The average Bonchev–Trinajstić information content (AvgIpc) is 3.07. The Morgan fingerprint density at radius 2 is 1.79 bits per heavy atom. The van der Waals surface area contributed by atoms with Crippen LogP contribution < -0.4 is 10.2 Å². The van der Waals surface area contributed by atoms with Gasteiger partial charge in [-0.15, -0.1) is 0 Å². The lowest BCUT2D eigenvalue weighted by Gasteiger charge is -2.37. The minimum absolute atomic E-state index is 0.0235. The molecule has 0 unspecified atom stereocenters. The molecule has 2 aliphatic rings. The molecule has 2 fully saturated rings. The van der Waals surface area contributed by atoms with Gasteiger partial charge in [-0.3, -0.25) is 24.8 Å². The highest BCUT2D eigenvalue weighted by Gasteiger charge is 2.36. The number of rotatable bonds is 3. The highest BCUT2D eigenvalue weighted by Crippen LogP contribution is 2.32. The molecule has 8 nitrogen and oxygen atoms in total. The van der Waals surface area contributed by atoms with Gasteiger partial charge in [0.15, 0.2) is 0 Å². The molecule has 2 aromatic rings. The van der Waals surface area contributed by atoms with Crippen molar-refractivity contribution in [1.29, 1.82) is 0 Å². The summed E-state index contributed by atoms with van der Waals surface area (Å²) in [6, 6.07) is 11.6. The molecule has 3 heterocycles. The van der Waals surface area contributed by atoms with Crippen LogP contribution in [0.3, 0.4) is 0 Å². The van der Waals surface area contributed by atoms with E-state index in [0.29, 0.717) is 42.9 Å². The number of carbonyl (C=O) groups excluding carboxylic acids is 3. The summed E-state index contributed by atoms with van der Waals surface area (Å²) >= 11 is 0. The number of aliphatic hydroxyl groups is 1. The summed E-state index contributed by atoms with van der Waals surface area (Å²) in [5, 5.41) is 13.1. The number of aromatic nitrogens is 1. The lowest BCUT2D eigenvalue weighted by atomic mass is 9.87. The number of benzene rings is 1. The third kappa shape index (κ3) is 3.34. The highest BCUT2D eigenvalue weighted by atomic mass is 16.3.